The molecule has 0 amide bonds. The number of halogens is 1. The minimum absolute atomic E-state index is 0.415. The monoisotopic (exact) mass is 263 g/mol. The van der Waals surface area contributed by atoms with Crippen LogP contribution in [-0.2, 0) is 6.61 Å². The molecule has 0 aromatic heterocycles. The van der Waals surface area contributed by atoms with E-state index in [9.17, 15) is 0 Å². The molecule has 0 fully saturated rings. The van der Waals surface area contributed by atoms with Crippen molar-refractivity contribution >= 4 is 17.3 Å². The Balaban J connectivity index is 2.07. The number of nitrogen functional groups attached to an aromatic ring is 1. The molecule has 0 heterocycles. The lowest BCUT2D eigenvalue weighted by atomic mass is 10.2. The molecule has 2 N–H and O–H groups in total. The highest BCUT2D eigenvalue weighted by Gasteiger charge is 2.03. The molecule has 0 spiro atoms. The van der Waals surface area contributed by atoms with Crippen LogP contribution in [0, 0.1) is 0 Å². The maximum absolute atomic E-state index is 6.00. The molecule has 0 aliphatic carbocycles. The molecule has 18 heavy (non-hydrogen) atoms. The van der Waals surface area contributed by atoms with Crippen LogP contribution in [0.1, 0.15) is 5.56 Å². The highest BCUT2D eigenvalue weighted by atomic mass is 35.5. The lowest BCUT2D eigenvalue weighted by molar-refractivity contribution is 0.306. The predicted molar refractivity (Wildman–Crippen MR) is 73.2 cm³/mol. The molecule has 2 rings (SSSR count). The van der Waals surface area contributed by atoms with Crippen LogP contribution < -0.4 is 15.2 Å². The highest BCUT2D eigenvalue weighted by Crippen LogP contribution is 2.26. The number of nitrogens with two attached hydrogens (primary N) is 1. The molecule has 0 aliphatic heterocycles. The van der Waals surface area contributed by atoms with Gasteiger partial charge in [-0.2, -0.15) is 0 Å². The first kappa shape index (κ1) is 12.6. The molecular formula is C14H14ClNO2. The number of methoxy groups -OCH3 is 1. The molecule has 0 unspecified atom stereocenters. The van der Waals surface area contributed by atoms with Gasteiger partial charge in [0.1, 0.15) is 18.1 Å². The topological polar surface area (TPSA) is 44.5 Å². The Morgan fingerprint density at radius 3 is 2.56 bits per heavy atom. The summed E-state index contributed by atoms with van der Waals surface area (Å²) in [4.78, 5) is 0. The zero-order valence-corrected chi connectivity index (χ0v) is 10.8. The molecule has 3 nitrogen and oxygen atoms in total. The Bertz CT molecular complexity index is 543. The Morgan fingerprint density at radius 2 is 1.89 bits per heavy atom. The Morgan fingerprint density at radius 1 is 1.11 bits per heavy atom. The first-order chi connectivity index (χ1) is 8.70. The van der Waals surface area contributed by atoms with Crippen molar-refractivity contribution in [3.8, 4) is 11.5 Å². The van der Waals surface area contributed by atoms with Gasteiger partial charge in [-0.1, -0.05) is 29.8 Å². The summed E-state index contributed by atoms with van der Waals surface area (Å²) in [5, 5.41) is 0.596. The smallest absolute Gasteiger partial charge is 0.141 e. The summed E-state index contributed by atoms with van der Waals surface area (Å²) in [5.41, 5.74) is 7.39. The first-order valence-corrected chi connectivity index (χ1v) is 5.88. The van der Waals surface area contributed by atoms with E-state index in [-0.39, 0.29) is 0 Å². The second-order valence-corrected chi connectivity index (χ2v) is 4.20. The van der Waals surface area contributed by atoms with E-state index in [4.69, 9.17) is 26.8 Å². The van der Waals surface area contributed by atoms with Gasteiger partial charge in [0.2, 0.25) is 0 Å². The number of hydrogen-bond donors (Lipinski definition) is 1. The Kier molecular flexibility index (Phi) is 3.95. The fourth-order valence-electron chi connectivity index (χ4n) is 1.60. The van der Waals surface area contributed by atoms with Gasteiger partial charge in [-0.3, -0.25) is 0 Å². The van der Waals surface area contributed by atoms with E-state index in [2.05, 4.69) is 0 Å². The van der Waals surface area contributed by atoms with Gasteiger partial charge < -0.3 is 15.2 Å². The van der Waals surface area contributed by atoms with Gasteiger partial charge in [0.25, 0.3) is 0 Å². The standard InChI is InChI=1S/C14H14ClNO2/c1-17-14-7-6-10(8-12(14)16)9-18-13-5-3-2-4-11(13)15/h2-8H,9,16H2,1H3. The Labute approximate surface area is 111 Å². The van der Waals surface area contributed by atoms with Crippen molar-refractivity contribution in [2.45, 2.75) is 6.61 Å². The van der Waals surface area contributed by atoms with Crippen molar-refractivity contribution in [3.63, 3.8) is 0 Å². The van der Waals surface area contributed by atoms with Gasteiger partial charge in [-0.15, -0.1) is 0 Å². The van der Waals surface area contributed by atoms with Crippen LogP contribution in [0.4, 0.5) is 5.69 Å². The fourth-order valence-corrected chi connectivity index (χ4v) is 1.79. The highest BCUT2D eigenvalue weighted by molar-refractivity contribution is 6.32. The second kappa shape index (κ2) is 5.65. The number of benzene rings is 2. The van der Waals surface area contributed by atoms with Crippen LogP contribution in [0.3, 0.4) is 0 Å². The molecule has 0 bridgehead atoms. The summed E-state index contributed by atoms with van der Waals surface area (Å²) in [6.45, 7) is 0.415. The van der Waals surface area contributed by atoms with E-state index in [1.165, 1.54) is 0 Å². The molecule has 0 atom stereocenters. The second-order valence-electron chi connectivity index (χ2n) is 3.80. The van der Waals surface area contributed by atoms with E-state index in [0.29, 0.717) is 28.8 Å². The molecular weight excluding hydrogens is 250 g/mol. The van der Waals surface area contributed by atoms with Gasteiger partial charge in [-0.25, -0.2) is 0 Å². The van der Waals surface area contributed by atoms with Gasteiger partial charge in [0.05, 0.1) is 17.8 Å². The lowest BCUT2D eigenvalue weighted by Crippen LogP contribution is -1.98. The molecule has 4 heteroatoms. The third-order valence-corrected chi connectivity index (χ3v) is 2.84. The van der Waals surface area contributed by atoms with Gasteiger partial charge in [-0.05, 0) is 29.8 Å². The van der Waals surface area contributed by atoms with Gasteiger partial charge in [0, 0.05) is 0 Å². The van der Waals surface area contributed by atoms with E-state index in [1.54, 1.807) is 13.2 Å². The molecule has 0 radical (unpaired) electrons. The average Bonchev–Trinajstić information content (AvgIpc) is 2.38. The first-order valence-electron chi connectivity index (χ1n) is 5.50. The summed E-state index contributed by atoms with van der Waals surface area (Å²) >= 11 is 6.00. The molecule has 2 aromatic carbocycles. The molecule has 0 aliphatic rings. The maximum Gasteiger partial charge on any atom is 0.141 e. The third kappa shape index (κ3) is 2.87. The van der Waals surface area contributed by atoms with Crippen molar-refractivity contribution in [2.24, 2.45) is 0 Å². The minimum Gasteiger partial charge on any atom is -0.495 e. The van der Waals surface area contributed by atoms with E-state index in [0.717, 1.165) is 5.56 Å². The molecule has 2 aromatic rings. The quantitative estimate of drug-likeness (QED) is 0.859. The SMILES string of the molecule is COc1ccc(COc2ccccc2Cl)cc1N. The predicted octanol–water partition coefficient (Wildman–Crippen LogP) is 3.51. The van der Waals surface area contributed by atoms with E-state index < -0.39 is 0 Å². The van der Waals surface area contributed by atoms with Crippen molar-refractivity contribution < 1.29 is 9.47 Å². The van der Waals surface area contributed by atoms with Crippen LogP contribution in [0.15, 0.2) is 42.5 Å². The van der Waals surface area contributed by atoms with Crippen LogP contribution in [0.5, 0.6) is 11.5 Å². The van der Waals surface area contributed by atoms with Crippen LogP contribution >= 0.6 is 11.6 Å². The lowest BCUT2D eigenvalue weighted by Gasteiger charge is -2.10. The van der Waals surface area contributed by atoms with Gasteiger partial charge in [0.15, 0.2) is 0 Å². The van der Waals surface area contributed by atoms with Crippen LogP contribution in [0.25, 0.3) is 0 Å². The fraction of sp³-hybridized carbons (Fsp3) is 0.143. The van der Waals surface area contributed by atoms with E-state index in [1.807, 2.05) is 36.4 Å². The molecule has 0 saturated heterocycles. The van der Waals surface area contributed by atoms with Crippen molar-refractivity contribution in [1.29, 1.82) is 0 Å². The van der Waals surface area contributed by atoms with Crippen molar-refractivity contribution in [1.82, 2.24) is 0 Å². The van der Waals surface area contributed by atoms with E-state index >= 15 is 0 Å². The summed E-state index contributed by atoms with van der Waals surface area (Å²) in [6, 6.07) is 12.9. The van der Waals surface area contributed by atoms with Crippen LogP contribution in [-0.4, -0.2) is 7.11 Å². The zero-order chi connectivity index (χ0) is 13.0. The molecule has 94 valence electrons. The largest absolute Gasteiger partial charge is 0.495 e. The Hall–Kier alpha value is -1.87. The summed E-state index contributed by atoms with van der Waals surface area (Å²) in [5.74, 6) is 1.32. The van der Waals surface area contributed by atoms with Crippen molar-refractivity contribution in [3.05, 3.63) is 53.1 Å². The van der Waals surface area contributed by atoms with Crippen LogP contribution in [0.2, 0.25) is 5.02 Å². The molecule has 0 saturated carbocycles. The zero-order valence-electron chi connectivity index (χ0n) is 10.0. The maximum atomic E-state index is 6.00. The minimum atomic E-state index is 0.415. The number of ether oxygens (including phenoxy) is 2. The number of anilines is 1. The number of hydrogen-bond acceptors (Lipinski definition) is 3. The average molecular weight is 264 g/mol. The normalized spacial score (nSPS) is 10.1. The number of rotatable bonds is 4. The summed E-state index contributed by atoms with van der Waals surface area (Å²) in [6.07, 6.45) is 0. The number of para-hydroxylation sites is 1. The van der Waals surface area contributed by atoms with Crippen molar-refractivity contribution in [2.75, 3.05) is 12.8 Å². The summed E-state index contributed by atoms with van der Waals surface area (Å²) < 4.78 is 10.7. The summed E-state index contributed by atoms with van der Waals surface area (Å²) in [7, 11) is 1.59. The van der Waals surface area contributed by atoms with Gasteiger partial charge >= 0.3 is 0 Å². The third-order valence-electron chi connectivity index (χ3n) is 2.53.